The van der Waals surface area contributed by atoms with Crippen molar-refractivity contribution in [2.24, 2.45) is 0 Å². The number of fused-ring (bicyclic) bond motifs is 2. The van der Waals surface area contributed by atoms with Gasteiger partial charge in [-0.1, -0.05) is 11.6 Å². The van der Waals surface area contributed by atoms with Gasteiger partial charge in [0.2, 0.25) is 0 Å². The van der Waals surface area contributed by atoms with Gasteiger partial charge in [-0.3, -0.25) is 0 Å². The predicted octanol–water partition coefficient (Wildman–Crippen LogP) is 3.70. The molecule has 160 valence electrons. The summed E-state index contributed by atoms with van der Waals surface area (Å²) in [6, 6.07) is 6.08. The average molecular weight is 441 g/mol. The van der Waals surface area contributed by atoms with Crippen LogP contribution >= 0.6 is 11.6 Å². The number of pyridine rings is 1. The largest absolute Gasteiger partial charge is 0.368 e. The van der Waals surface area contributed by atoms with Gasteiger partial charge in [-0.15, -0.1) is 0 Å². The van der Waals surface area contributed by atoms with Crippen LogP contribution in [-0.4, -0.2) is 49.7 Å². The number of rotatable bonds is 3. The molecule has 3 aromatic heterocycles. The van der Waals surface area contributed by atoms with Crippen molar-refractivity contribution < 1.29 is 4.39 Å². The molecule has 1 aliphatic heterocycles. The van der Waals surface area contributed by atoms with Crippen LogP contribution in [0.2, 0.25) is 5.02 Å². The number of anilines is 3. The zero-order valence-corrected chi connectivity index (χ0v) is 18.2. The van der Waals surface area contributed by atoms with Crippen molar-refractivity contribution in [3.8, 4) is 0 Å². The van der Waals surface area contributed by atoms with Crippen molar-refractivity contribution in [2.45, 2.75) is 32.9 Å². The fourth-order valence-electron chi connectivity index (χ4n) is 4.20. The van der Waals surface area contributed by atoms with Crippen LogP contribution in [0.3, 0.4) is 0 Å². The Hall–Kier alpha value is -3.04. The van der Waals surface area contributed by atoms with Crippen molar-refractivity contribution in [3.05, 3.63) is 47.4 Å². The highest BCUT2D eigenvalue weighted by Gasteiger charge is 2.22. The molecule has 0 radical (unpaired) electrons. The first kappa shape index (κ1) is 19.9. The molecule has 0 amide bonds. The maximum atomic E-state index is 14.4. The Balaban J connectivity index is 1.53. The third kappa shape index (κ3) is 3.75. The van der Waals surface area contributed by atoms with E-state index >= 15 is 0 Å². The molecule has 2 N–H and O–H groups in total. The van der Waals surface area contributed by atoms with Gasteiger partial charge in [0, 0.05) is 36.9 Å². The molecule has 0 bridgehead atoms. The highest BCUT2D eigenvalue weighted by Crippen LogP contribution is 2.34. The Morgan fingerprint density at radius 1 is 1.16 bits per heavy atom. The normalized spacial score (nSPS) is 19.3. The topological polar surface area (TPSA) is 83.3 Å². The molecule has 0 spiro atoms. The fourth-order valence-corrected chi connectivity index (χ4v) is 4.50. The molecule has 31 heavy (non-hydrogen) atoms. The minimum Gasteiger partial charge on any atom is -0.368 e. The summed E-state index contributed by atoms with van der Waals surface area (Å²) in [5.74, 6) is 0.522. The van der Waals surface area contributed by atoms with Gasteiger partial charge < -0.3 is 15.5 Å². The van der Waals surface area contributed by atoms with Gasteiger partial charge in [0.25, 0.3) is 0 Å². The van der Waals surface area contributed by atoms with Crippen molar-refractivity contribution >= 4 is 45.3 Å². The molecule has 1 aromatic carbocycles. The summed E-state index contributed by atoms with van der Waals surface area (Å²) >= 11 is 6.69. The molecule has 0 aliphatic carbocycles. The number of nitrogens with zero attached hydrogens (tertiary/aromatic N) is 6. The van der Waals surface area contributed by atoms with E-state index in [-0.39, 0.29) is 5.65 Å². The lowest BCUT2D eigenvalue weighted by molar-refractivity contribution is 0.407. The molecule has 1 saturated heterocycles. The van der Waals surface area contributed by atoms with Gasteiger partial charge in [0.15, 0.2) is 11.5 Å². The van der Waals surface area contributed by atoms with Crippen LogP contribution in [0, 0.1) is 12.7 Å². The number of aromatic nitrogens is 5. The van der Waals surface area contributed by atoms with E-state index in [1.54, 1.807) is 13.1 Å². The van der Waals surface area contributed by atoms with Gasteiger partial charge in [0.1, 0.15) is 18.0 Å². The van der Waals surface area contributed by atoms with Crippen LogP contribution in [0.5, 0.6) is 0 Å². The number of nitrogens with one attached hydrogen (secondary N) is 2. The molecule has 0 unspecified atom stereocenters. The Morgan fingerprint density at radius 3 is 2.71 bits per heavy atom. The van der Waals surface area contributed by atoms with E-state index in [0.29, 0.717) is 39.8 Å². The molecule has 2 atom stereocenters. The van der Waals surface area contributed by atoms with Crippen molar-refractivity contribution in [1.29, 1.82) is 0 Å². The minimum atomic E-state index is -0.473. The molecule has 4 aromatic rings. The lowest BCUT2D eigenvalue weighted by Gasteiger charge is -2.37. The summed E-state index contributed by atoms with van der Waals surface area (Å²) in [6.07, 6.45) is 3.14. The maximum Gasteiger partial charge on any atom is 0.191 e. The van der Waals surface area contributed by atoms with Crippen LogP contribution in [0.15, 0.2) is 30.7 Å². The summed E-state index contributed by atoms with van der Waals surface area (Å²) in [5.41, 5.74) is 2.41. The van der Waals surface area contributed by atoms with E-state index < -0.39 is 5.82 Å². The summed E-state index contributed by atoms with van der Waals surface area (Å²) in [7, 11) is 0. The Kier molecular flexibility index (Phi) is 4.86. The molecule has 4 heterocycles. The van der Waals surface area contributed by atoms with Gasteiger partial charge in [-0.05, 0) is 32.9 Å². The van der Waals surface area contributed by atoms with E-state index in [9.17, 15) is 4.39 Å². The first-order valence-electron chi connectivity index (χ1n) is 10.1. The molecule has 5 rings (SSSR count). The number of hydrogen-bond donors (Lipinski definition) is 2. The monoisotopic (exact) mass is 440 g/mol. The summed E-state index contributed by atoms with van der Waals surface area (Å²) in [4.78, 5) is 15.2. The quantitative estimate of drug-likeness (QED) is 0.502. The molecule has 1 fully saturated rings. The third-order valence-electron chi connectivity index (χ3n) is 5.35. The second-order valence-electron chi connectivity index (χ2n) is 8.05. The van der Waals surface area contributed by atoms with Crippen LogP contribution < -0.4 is 15.5 Å². The maximum absolute atomic E-state index is 14.4. The highest BCUT2D eigenvalue weighted by atomic mass is 35.5. The Bertz CT molecular complexity index is 1280. The summed E-state index contributed by atoms with van der Waals surface area (Å²) in [6.45, 7) is 7.83. The number of halogens is 2. The van der Waals surface area contributed by atoms with Crippen molar-refractivity contribution in [3.63, 3.8) is 0 Å². The number of hydrogen-bond acceptors (Lipinski definition) is 7. The minimum absolute atomic E-state index is 0.178. The fraction of sp³-hybridized carbons (Fsp3) is 0.333. The van der Waals surface area contributed by atoms with E-state index in [0.717, 1.165) is 24.3 Å². The highest BCUT2D eigenvalue weighted by molar-refractivity contribution is 6.36. The van der Waals surface area contributed by atoms with Crippen LogP contribution in [0.4, 0.5) is 21.6 Å². The molecule has 1 aliphatic rings. The smallest absolute Gasteiger partial charge is 0.191 e. The molecular formula is C21H22ClFN8. The van der Waals surface area contributed by atoms with Crippen LogP contribution in [-0.2, 0) is 0 Å². The van der Waals surface area contributed by atoms with E-state index in [1.165, 1.54) is 16.9 Å². The van der Waals surface area contributed by atoms with Crippen molar-refractivity contribution in [2.75, 3.05) is 23.3 Å². The molecular weight excluding hydrogens is 419 g/mol. The molecule has 0 saturated carbocycles. The lowest BCUT2D eigenvalue weighted by atomic mass is 10.1. The first-order chi connectivity index (χ1) is 14.9. The van der Waals surface area contributed by atoms with E-state index in [4.69, 9.17) is 11.6 Å². The van der Waals surface area contributed by atoms with Gasteiger partial charge in [0.05, 0.1) is 27.8 Å². The average Bonchev–Trinajstić information content (AvgIpc) is 3.08. The summed E-state index contributed by atoms with van der Waals surface area (Å²) < 4.78 is 15.9. The standard InChI is InChI=1S/C21H22ClFN8/c1-11-7-30(8-12(2)26-11)15-5-16(22)19-18(6-15)24-10-25-20(19)28-14-4-17(23)21-27-13(3)29-31(21)9-14/h4-6,9-12,26H,7-8H2,1-3H3,(H,24,25,28)/t11-,12+. The zero-order valence-electron chi connectivity index (χ0n) is 17.4. The Morgan fingerprint density at radius 2 is 1.94 bits per heavy atom. The second kappa shape index (κ2) is 7.58. The SMILES string of the molecule is Cc1nc2c(F)cc(Nc3ncnc4cc(N5C[C@@H](C)N[C@@H](C)C5)cc(Cl)c34)cn2n1. The number of piperazine rings is 1. The zero-order chi connectivity index (χ0) is 21.7. The third-order valence-corrected chi connectivity index (χ3v) is 5.65. The van der Waals surface area contributed by atoms with Crippen LogP contribution in [0.1, 0.15) is 19.7 Å². The van der Waals surface area contributed by atoms with Crippen molar-refractivity contribution in [1.82, 2.24) is 29.9 Å². The predicted molar refractivity (Wildman–Crippen MR) is 120 cm³/mol. The number of benzene rings is 1. The van der Waals surface area contributed by atoms with Gasteiger partial charge in [-0.25, -0.2) is 23.9 Å². The second-order valence-corrected chi connectivity index (χ2v) is 8.45. The van der Waals surface area contributed by atoms with E-state index in [2.05, 4.69) is 49.4 Å². The first-order valence-corrected chi connectivity index (χ1v) is 10.5. The lowest BCUT2D eigenvalue weighted by Crippen LogP contribution is -2.54. The number of aryl methyl sites for hydroxylation is 1. The van der Waals surface area contributed by atoms with Gasteiger partial charge in [-0.2, -0.15) is 5.10 Å². The van der Waals surface area contributed by atoms with Crippen LogP contribution in [0.25, 0.3) is 16.6 Å². The molecule has 8 nitrogen and oxygen atoms in total. The van der Waals surface area contributed by atoms with E-state index in [1.807, 2.05) is 12.1 Å². The van der Waals surface area contributed by atoms with Gasteiger partial charge >= 0.3 is 0 Å². The molecule has 10 heteroatoms. The Labute approximate surface area is 183 Å². The summed E-state index contributed by atoms with van der Waals surface area (Å²) in [5, 5.41) is 12.1.